The fourth-order valence-electron chi connectivity index (χ4n) is 2.37. The van der Waals surface area contributed by atoms with Gasteiger partial charge in [0.25, 0.3) is 10.0 Å². The summed E-state index contributed by atoms with van der Waals surface area (Å²) in [4.78, 5) is 11.8. The van der Waals surface area contributed by atoms with Crippen molar-refractivity contribution in [2.24, 2.45) is 0 Å². The van der Waals surface area contributed by atoms with Gasteiger partial charge in [-0.2, -0.15) is 0 Å². The number of hydrogen-bond donors (Lipinski definition) is 2. The van der Waals surface area contributed by atoms with Crippen molar-refractivity contribution in [3.63, 3.8) is 0 Å². The van der Waals surface area contributed by atoms with Gasteiger partial charge in [-0.25, -0.2) is 12.8 Å². The first-order valence-corrected chi connectivity index (χ1v) is 10.0. The number of rotatable bonds is 9. The van der Waals surface area contributed by atoms with Gasteiger partial charge >= 0.3 is 0 Å². The summed E-state index contributed by atoms with van der Waals surface area (Å²) in [5, 5.41) is 2.86. The second-order valence-corrected chi connectivity index (χ2v) is 7.67. The zero-order chi connectivity index (χ0) is 19.0. The molecule has 0 aliphatic rings. The average molecular weight is 378 g/mol. The maximum absolute atomic E-state index is 12.9. The molecule has 0 fully saturated rings. The minimum atomic E-state index is -3.78. The van der Waals surface area contributed by atoms with Crippen molar-refractivity contribution in [1.29, 1.82) is 0 Å². The van der Waals surface area contributed by atoms with E-state index in [1.807, 2.05) is 0 Å². The maximum atomic E-state index is 12.9. The lowest BCUT2D eigenvalue weighted by Gasteiger charge is -2.09. The predicted molar refractivity (Wildman–Crippen MR) is 99.9 cm³/mol. The number of carbonyl (C=O) groups is 1. The topological polar surface area (TPSA) is 75.3 Å². The molecule has 2 aromatic carbocycles. The lowest BCUT2D eigenvalue weighted by Crippen LogP contribution is -2.26. The van der Waals surface area contributed by atoms with E-state index < -0.39 is 15.8 Å². The van der Waals surface area contributed by atoms with Crippen LogP contribution in [0.5, 0.6) is 0 Å². The summed E-state index contributed by atoms with van der Waals surface area (Å²) in [7, 11) is -3.78. The number of halogens is 1. The smallest absolute Gasteiger partial charge is 0.261 e. The largest absolute Gasteiger partial charge is 0.356 e. The fourth-order valence-corrected chi connectivity index (χ4v) is 3.43. The van der Waals surface area contributed by atoms with Crippen molar-refractivity contribution in [2.75, 3.05) is 11.3 Å². The van der Waals surface area contributed by atoms with Gasteiger partial charge in [0.15, 0.2) is 0 Å². The molecule has 0 atom stereocenters. The normalized spacial score (nSPS) is 11.2. The van der Waals surface area contributed by atoms with Crippen molar-refractivity contribution in [2.45, 2.75) is 37.5 Å². The van der Waals surface area contributed by atoms with Gasteiger partial charge in [-0.15, -0.1) is 0 Å². The molecule has 0 radical (unpaired) electrons. The van der Waals surface area contributed by atoms with Crippen molar-refractivity contribution in [3.8, 4) is 0 Å². The number of unbranched alkanes of at least 4 members (excludes halogenated alkanes) is 2. The van der Waals surface area contributed by atoms with E-state index in [4.69, 9.17) is 0 Å². The third-order valence-electron chi connectivity index (χ3n) is 3.80. The molecule has 2 rings (SSSR count). The number of anilines is 1. The fraction of sp³-hybridized carbons (Fsp3) is 0.316. The Morgan fingerprint density at radius 1 is 1.00 bits per heavy atom. The molecule has 0 heterocycles. The van der Waals surface area contributed by atoms with E-state index in [1.165, 1.54) is 12.1 Å². The van der Waals surface area contributed by atoms with Crippen LogP contribution in [0.3, 0.4) is 0 Å². The molecule has 0 saturated heterocycles. The number of carbonyl (C=O) groups excluding carboxylic acids is 1. The maximum Gasteiger partial charge on any atom is 0.261 e. The van der Waals surface area contributed by atoms with Crippen LogP contribution < -0.4 is 10.0 Å². The second kappa shape index (κ2) is 9.33. The number of sulfonamides is 1. The molecule has 7 heteroatoms. The summed E-state index contributed by atoms with van der Waals surface area (Å²) in [6.07, 6.45) is 3.40. The van der Waals surface area contributed by atoms with Gasteiger partial charge in [0.05, 0.1) is 11.3 Å². The van der Waals surface area contributed by atoms with Gasteiger partial charge in [-0.3, -0.25) is 9.52 Å². The summed E-state index contributed by atoms with van der Waals surface area (Å²) in [6, 6.07) is 11.2. The summed E-state index contributed by atoms with van der Waals surface area (Å²) in [5.41, 5.74) is 1.17. The van der Waals surface area contributed by atoms with Crippen LogP contribution in [0.15, 0.2) is 53.4 Å². The van der Waals surface area contributed by atoms with E-state index in [-0.39, 0.29) is 17.2 Å². The first-order chi connectivity index (χ1) is 12.4. The number of hydrogen-bond acceptors (Lipinski definition) is 3. The Bertz CT molecular complexity index is 819. The summed E-state index contributed by atoms with van der Waals surface area (Å²) >= 11 is 0. The van der Waals surface area contributed by atoms with Crippen LogP contribution in [0.2, 0.25) is 0 Å². The van der Waals surface area contributed by atoms with E-state index in [9.17, 15) is 17.6 Å². The molecule has 0 spiro atoms. The molecule has 0 aliphatic carbocycles. The summed E-state index contributed by atoms with van der Waals surface area (Å²) in [6.45, 7) is 2.77. The molecule has 0 bridgehead atoms. The Labute approximate surface area is 153 Å². The van der Waals surface area contributed by atoms with E-state index in [2.05, 4.69) is 17.0 Å². The van der Waals surface area contributed by atoms with Gasteiger partial charge in [-0.1, -0.05) is 31.9 Å². The highest BCUT2D eigenvalue weighted by molar-refractivity contribution is 7.92. The predicted octanol–water partition coefficient (Wildman–Crippen LogP) is 3.48. The van der Waals surface area contributed by atoms with E-state index in [1.54, 1.807) is 24.3 Å². The SMILES string of the molecule is CCCCCNC(=O)Cc1ccc(NS(=O)(=O)c2ccc(F)cc2)cc1. The Hall–Kier alpha value is -2.41. The first-order valence-electron chi connectivity index (χ1n) is 8.55. The van der Waals surface area contributed by atoms with Gasteiger partial charge in [0, 0.05) is 12.2 Å². The minimum Gasteiger partial charge on any atom is -0.356 e. The lowest BCUT2D eigenvalue weighted by atomic mass is 10.1. The third kappa shape index (κ3) is 6.15. The van der Waals surface area contributed by atoms with Crippen LogP contribution in [0, 0.1) is 5.82 Å². The zero-order valence-corrected chi connectivity index (χ0v) is 15.5. The molecule has 2 aromatic rings. The highest BCUT2D eigenvalue weighted by atomic mass is 32.2. The molecular formula is C19H23FN2O3S. The highest BCUT2D eigenvalue weighted by Gasteiger charge is 2.14. The average Bonchev–Trinajstić information content (AvgIpc) is 2.61. The van der Waals surface area contributed by atoms with Crippen LogP contribution in [0.4, 0.5) is 10.1 Å². The van der Waals surface area contributed by atoms with Crippen LogP contribution in [-0.2, 0) is 21.2 Å². The molecule has 0 saturated carbocycles. The Morgan fingerprint density at radius 3 is 2.27 bits per heavy atom. The lowest BCUT2D eigenvalue weighted by molar-refractivity contribution is -0.120. The highest BCUT2D eigenvalue weighted by Crippen LogP contribution is 2.17. The monoisotopic (exact) mass is 378 g/mol. The van der Waals surface area contributed by atoms with Crippen molar-refractivity contribution >= 4 is 21.6 Å². The molecule has 0 aliphatic heterocycles. The molecule has 26 heavy (non-hydrogen) atoms. The van der Waals surface area contributed by atoms with E-state index in [0.29, 0.717) is 12.2 Å². The van der Waals surface area contributed by atoms with Crippen molar-refractivity contribution in [3.05, 3.63) is 59.9 Å². The van der Waals surface area contributed by atoms with Crippen molar-refractivity contribution < 1.29 is 17.6 Å². The molecule has 1 amide bonds. The number of benzene rings is 2. The molecule has 5 nitrogen and oxygen atoms in total. The quantitative estimate of drug-likeness (QED) is 0.656. The molecule has 0 unspecified atom stereocenters. The Kier molecular flexibility index (Phi) is 7.15. The van der Waals surface area contributed by atoms with Gasteiger partial charge < -0.3 is 5.32 Å². The second-order valence-electron chi connectivity index (χ2n) is 5.99. The Balaban J connectivity index is 1.92. The van der Waals surface area contributed by atoms with Gasteiger partial charge in [0.2, 0.25) is 5.91 Å². The first kappa shape index (κ1) is 19.9. The molecule has 140 valence electrons. The standard InChI is InChI=1S/C19H23FN2O3S/c1-2-3-4-13-21-19(23)14-15-5-9-17(10-6-15)22-26(24,25)18-11-7-16(20)8-12-18/h5-12,22H,2-4,13-14H2,1H3,(H,21,23). The van der Waals surface area contributed by atoms with Crippen LogP contribution >= 0.6 is 0 Å². The molecular weight excluding hydrogens is 355 g/mol. The van der Waals surface area contributed by atoms with Gasteiger partial charge in [-0.05, 0) is 48.4 Å². The van der Waals surface area contributed by atoms with E-state index in [0.717, 1.165) is 37.0 Å². The van der Waals surface area contributed by atoms with E-state index >= 15 is 0 Å². The molecule has 0 aromatic heterocycles. The van der Waals surface area contributed by atoms with Gasteiger partial charge in [0.1, 0.15) is 5.82 Å². The Morgan fingerprint density at radius 2 is 1.65 bits per heavy atom. The summed E-state index contributed by atoms with van der Waals surface area (Å²) < 4.78 is 39.8. The molecule has 2 N–H and O–H groups in total. The van der Waals surface area contributed by atoms with Crippen LogP contribution in [0.1, 0.15) is 31.7 Å². The van der Waals surface area contributed by atoms with Crippen molar-refractivity contribution in [1.82, 2.24) is 5.32 Å². The third-order valence-corrected chi connectivity index (χ3v) is 5.19. The van der Waals surface area contributed by atoms with Crippen LogP contribution in [0.25, 0.3) is 0 Å². The minimum absolute atomic E-state index is 0.0190. The van der Waals surface area contributed by atoms with Crippen LogP contribution in [-0.4, -0.2) is 20.9 Å². The number of amides is 1. The summed E-state index contributed by atoms with van der Waals surface area (Å²) in [5.74, 6) is -0.554. The number of nitrogens with one attached hydrogen (secondary N) is 2. The zero-order valence-electron chi connectivity index (χ0n) is 14.7.